The molecule has 0 saturated heterocycles. The van der Waals surface area contributed by atoms with E-state index >= 15 is 0 Å². The van der Waals surface area contributed by atoms with E-state index in [1.54, 1.807) is 0 Å². The first kappa shape index (κ1) is 13.2. The monoisotopic (exact) mass is 273 g/mol. The number of benzene rings is 1. The van der Waals surface area contributed by atoms with Crippen LogP contribution >= 0.6 is 0 Å². The Morgan fingerprint density at radius 3 is 2.75 bits per heavy atom. The predicted octanol–water partition coefficient (Wildman–Crippen LogP) is 1.87. The normalized spacial score (nSPS) is 27.2. The average Bonchev–Trinajstić information content (AvgIpc) is 3.00. The van der Waals surface area contributed by atoms with Crippen LogP contribution in [0.1, 0.15) is 37.8 Å². The van der Waals surface area contributed by atoms with Gasteiger partial charge in [-0.3, -0.25) is 4.79 Å². The van der Waals surface area contributed by atoms with Crippen LogP contribution in [0.2, 0.25) is 0 Å². The molecule has 2 aliphatic rings. The van der Waals surface area contributed by atoms with Crippen molar-refractivity contribution >= 4 is 11.9 Å². The van der Waals surface area contributed by atoms with E-state index in [0.717, 1.165) is 19.3 Å². The largest absolute Gasteiger partial charge is 0.480 e. The number of amides is 1. The fraction of sp³-hybridized carbons (Fsp3) is 0.500. The molecule has 3 rings (SSSR count). The first-order valence-corrected chi connectivity index (χ1v) is 7.01. The van der Waals surface area contributed by atoms with Crippen LogP contribution in [0.3, 0.4) is 0 Å². The van der Waals surface area contributed by atoms with Crippen molar-refractivity contribution in [1.29, 1.82) is 0 Å². The zero-order valence-electron chi connectivity index (χ0n) is 11.8. The number of carbonyl (C=O) groups excluding carboxylic acids is 1. The predicted molar refractivity (Wildman–Crippen MR) is 74.4 cm³/mol. The molecule has 4 nitrogen and oxygen atoms in total. The minimum Gasteiger partial charge on any atom is -0.480 e. The lowest BCUT2D eigenvalue weighted by Gasteiger charge is -2.22. The molecule has 0 aliphatic heterocycles. The standard InChI is InChI=1S/C16H19NO3/c1-15(2,14(19)20)17-13(18)12-9-16(12)8-7-10-5-3-4-6-11(10)16/h3-6,12H,7-9H2,1-2H3,(H,17,18)(H,19,20). The lowest BCUT2D eigenvalue weighted by atomic mass is 9.94. The minimum atomic E-state index is -1.21. The van der Waals surface area contributed by atoms with Gasteiger partial charge in [0.2, 0.25) is 5.91 Å². The van der Waals surface area contributed by atoms with Gasteiger partial charge in [0.1, 0.15) is 5.54 Å². The van der Waals surface area contributed by atoms with E-state index in [4.69, 9.17) is 5.11 Å². The van der Waals surface area contributed by atoms with Crippen LogP contribution in [-0.4, -0.2) is 22.5 Å². The maximum atomic E-state index is 12.3. The lowest BCUT2D eigenvalue weighted by Crippen LogP contribution is -2.50. The fourth-order valence-electron chi connectivity index (χ4n) is 3.39. The molecule has 106 valence electrons. The molecule has 2 N–H and O–H groups in total. The van der Waals surface area contributed by atoms with Crippen molar-refractivity contribution in [1.82, 2.24) is 5.32 Å². The molecule has 0 heterocycles. The van der Waals surface area contributed by atoms with Crippen LogP contribution in [0.5, 0.6) is 0 Å². The van der Waals surface area contributed by atoms with E-state index in [0.29, 0.717) is 0 Å². The molecule has 0 bridgehead atoms. The van der Waals surface area contributed by atoms with Gasteiger partial charge >= 0.3 is 5.97 Å². The Morgan fingerprint density at radius 1 is 1.35 bits per heavy atom. The quantitative estimate of drug-likeness (QED) is 0.883. The van der Waals surface area contributed by atoms with Crippen LogP contribution in [0.15, 0.2) is 24.3 Å². The molecule has 2 unspecified atom stereocenters. The maximum Gasteiger partial charge on any atom is 0.328 e. The smallest absolute Gasteiger partial charge is 0.328 e. The Bertz CT molecular complexity index is 593. The number of nitrogens with one attached hydrogen (secondary N) is 1. The summed E-state index contributed by atoms with van der Waals surface area (Å²) in [5.41, 5.74) is 1.38. The third-order valence-corrected chi connectivity index (χ3v) is 4.76. The third-order valence-electron chi connectivity index (χ3n) is 4.76. The van der Waals surface area contributed by atoms with E-state index in [2.05, 4.69) is 17.4 Å². The van der Waals surface area contributed by atoms with E-state index in [9.17, 15) is 9.59 Å². The van der Waals surface area contributed by atoms with Crippen LogP contribution in [0, 0.1) is 5.92 Å². The molecule has 2 aliphatic carbocycles. The Balaban J connectivity index is 1.77. The van der Waals surface area contributed by atoms with E-state index in [-0.39, 0.29) is 17.2 Å². The van der Waals surface area contributed by atoms with E-state index < -0.39 is 11.5 Å². The average molecular weight is 273 g/mol. The first-order valence-electron chi connectivity index (χ1n) is 7.01. The SMILES string of the molecule is CC(C)(NC(=O)C1CC12CCc1ccccc12)C(=O)O. The molecule has 1 spiro atoms. The summed E-state index contributed by atoms with van der Waals surface area (Å²) in [5.74, 6) is -1.22. The second-order valence-electron chi connectivity index (χ2n) is 6.49. The number of aliphatic carboxylic acids is 1. The molecule has 1 amide bonds. The topological polar surface area (TPSA) is 66.4 Å². The number of carboxylic acid groups (broad SMARTS) is 1. The zero-order valence-corrected chi connectivity index (χ0v) is 11.8. The van der Waals surface area contributed by atoms with Crippen molar-refractivity contribution in [2.24, 2.45) is 5.92 Å². The van der Waals surface area contributed by atoms with Gasteiger partial charge in [0.15, 0.2) is 0 Å². The van der Waals surface area contributed by atoms with Gasteiger partial charge < -0.3 is 10.4 Å². The molecule has 0 aromatic heterocycles. The molecule has 1 saturated carbocycles. The van der Waals surface area contributed by atoms with Gasteiger partial charge in [0, 0.05) is 11.3 Å². The molecule has 20 heavy (non-hydrogen) atoms. The van der Waals surface area contributed by atoms with Crippen molar-refractivity contribution in [3.63, 3.8) is 0 Å². The summed E-state index contributed by atoms with van der Waals surface area (Å²) < 4.78 is 0. The number of hydrogen-bond acceptors (Lipinski definition) is 2. The summed E-state index contributed by atoms with van der Waals surface area (Å²) >= 11 is 0. The Morgan fingerprint density at radius 2 is 2.05 bits per heavy atom. The van der Waals surface area contributed by atoms with E-state index in [1.165, 1.54) is 25.0 Å². The van der Waals surface area contributed by atoms with Crippen LogP contribution in [-0.2, 0) is 21.4 Å². The summed E-state index contributed by atoms with van der Waals surface area (Å²) in [6.45, 7) is 3.04. The molecule has 2 atom stereocenters. The summed E-state index contributed by atoms with van der Waals surface area (Å²) in [5, 5.41) is 11.8. The molecule has 1 aromatic rings. The van der Waals surface area contributed by atoms with Crippen LogP contribution < -0.4 is 5.32 Å². The van der Waals surface area contributed by atoms with Crippen molar-refractivity contribution in [3.05, 3.63) is 35.4 Å². The highest BCUT2D eigenvalue weighted by Crippen LogP contribution is 2.61. The molecule has 4 heteroatoms. The van der Waals surface area contributed by atoms with Crippen LogP contribution in [0.4, 0.5) is 0 Å². The molecule has 1 aromatic carbocycles. The summed E-state index contributed by atoms with van der Waals surface area (Å²) in [7, 11) is 0. The van der Waals surface area contributed by atoms with Gasteiger partial charge in [-0.2, -0.15) is 0 Å². The number of carboxylic acids is 1. The van der Waals surface area contributed by atoms with Gasteiger partial charge in [-0.05, 0) is 44.2 Å². The van der Waals surface area contributed by atoms with Gasteiger partial charge in [-0.15, -0.1) is 0 Å². The summed E-state index contributed by atoms with van der Waals surface area (Å²) in [6.07, 6.45) is 2.85. The second kappa shape index (κ2) is 4.08. The Hall–Kier alpha value is -1.84. The maximum absolute atomic E-state index is 12.3. The van der Waals surface area contributed by atoms with Crippen molar-refractivity contribution in [2.75, 3.05) is 0 Å². The first-order chi connectivity index (χ1) is 9.37. The zero-order chi connectivity index (χ0) is 14.5. The summed E-state index contributed by atoms with van der Waals surface area (Å²) in [4.78, 5) is 23.4. The Kier molecular flexibility index (Phi) is 2.68. The minimum absolute atomic E-state index is 0.0325. The number of fused-ring (bicyclic) bond motifs is 2. The molecule has 0 radical (unpaired) electrons. The van der Waals surface area contributed by atoms with Gasteiger partial charge in [-0.1, -0.05) is 24.3 Å². The fourth-order valence-corrected chi connectivity index (χ4v) is 3.39. The lowest BCUT2D eigenvalue weighted by molar-refractivity contribution is -0.146. The Labute approximate surface area is 118 Å². The summed E-state index contributed by atoms with van der Waals surface area (Å²) in [6, 6.07) is 8.28. The second-order valence-corrected chi connectivity index (χ2v) is 6.49. The number of carbonyl (C=O) groups is 2. The van der Waals surface area contributed by atoms with Gasteiger partial charge in [-0.25, -0.2) is 4.79 Å². The van der Waals surface area contributed by atoms with E-state index in [1.807, 2.05) is 12.1 Å². The van der Waals surface area contributed by atoms with Crippen LogP contribution in [0.25, 0.3) is 0 Å². The third kappa shape index (κ3) is 1.82. The van der Waals surface area contributed by atoms with Crippen molar-refractivity contribution in [3.8, 4) is 0 Å². The molecular formula is C16H19NO3. The number of hydrogen-bond donors (Lipinski definition) is 2. The van der Waals surface area contributed by atoms with Crippen molar-refractivity contribution < 1.29 is 14.7 Å². The molecule has 1 fully saturated rings. The van der Waals surface area contributed by atoms with Crippen molar-refractivity contribution in [2.45, 2.75) is 44.1 Å². The van der Waals surface area contributed by atoms with Gasteiger partial charge in [0.25, 0.3) is 0 Å². The number of aryl methyl sites for hydroxylation is 1. The highest BCUT2D eigenvalue weighted by molar-refractivity contribution is 5.90. The number of rotatable bonds is 3. The van der Waals surface area contributed by atoms with Gasteiger partial charge in [0.05, 0.1) is 0 Å². The highest BCUT2D eigenvalue weighted by Gasteiger charge is 2.61. The highest BCUT2D eigenvalue weighted by atomic mass is 16.4. The molecular weight excluding hydrogens is 254 g/mol.